The van der Waals surface area contributed by atoms with Crippen LogP contribution in [0.15, 0.2) is 53.6 Å². The first-order chi connectivity index (χ1) is 15.6. The number of aromatic nitrogens is 5. The second-order valence-electron chi connectivity index (χ2n) is 7.48. The SMILES string of the molecule is Cc1nn(-c2ncccc2Cl)c(=O)c2cnc(Nc3ccc(N4CCNCC4)cc3)nc12. The summed E-state index contributed by atoms with van der Waals surface area (Å²) < 4.78 is 1.19. The number of fused-ring (bicyclic) bond motifs is 1. The van der Waals surface area contributed by atoms with Gasteiger partial charge in [-0.2, -0.15) is 9.78 Å². The van der Waals surface area contributed by atoms with E-state index in [1.54, 1.807) is 25.3 Å². The molecule has 3 aromatic heterocycles. The lowest BCUT2D eigenvalue weighted by molar-refractivity contribution is 0.589. The summed E-state index contributed by atoms with van der Waals surface area (Å²) in [4.78, 5) is 28.4. The number of piperazine rings is 1. The van der Waals surface area contributed by atoms with Crippen molar-refractivity contribution in [3.8, 4) is 5.82 Å². The third-order valence-electron chi connectivity index (χ3n) is 5.35. The summed E-state index contributed by atoms with van der Waals surface area (Å²) >= 11 is 6.20. The predicted molar refractivity (Wildman–Crippen MR) is 125 cm³/mol. The Kier molecular flexibility index (Phi) is 5.42. The molecule has 1 saturated heterocycles. The van der Waals surface area contributed by atoms with Crippen LogP contribution in [0.2, 0.25) is 5.02 Å². The highest BCUT2D eigenvalue weighted by Gasteiger charge is 2.15. The molecule has 9 nitrogen and oxygen atoms in total. The van der Waals surface area contributed by atoms with Crippen molar-refractivity contribution in [2.45, 2.75) is 6.92 Å². The Labute approximate surface area is 189 Å². The molecule has 4 aromatic rings. The molecule has 0 unspecified atom stereocenters. The van der Waals surface area contributed by atoms with E-state index in [2.05, 4.69) is 47.7 Å². The highest BCUT2D eigenvalue weighted by atomic mass is 35.5. The monoisotopic (exact) mass is 448 g/mol. The van der Waals surface area contributed by atoms with Crippen LogP contribution in [0.25, 0.3) is 16.7 Å². The largest absolute Gasteiger partial charge is 0.369 e. The number of rotatable bonds is 4. The van der Waals surface area contributed by atoms with Crippen molar-refractivity contribution in [3.63, 3.8) is 0 Å². The molecular formula is C22H21ClN8O. The number of nitrogens with zero attached hydrogens (tertiary/aromatic N) is 6. The fraction of sp³-hybridized carbons (Fsp3) is 0.227. The average molecular weight is 449 g/mol. The van der Waals surface area contributed by atoms with Crippen molar-refractivity contribution >= 4 is 39.8 Å². The van der Waals surface area contributed by atoms with Gasteiger partial charge in [-0.15, -0.1) is 0 Å². The first-order valence-corrected chi connectivity index (χ1v) is 10.7. The lowest BCUT2D eigenvalue weighted by Gasteiger charge is -2.29. The first-order valence-electron chi connectivity index (χ1n) is 10.3. The van der Waals surface area contributed by atoms with E-state index in [0.29, 0.717) is 27.6 Å². The molecule has 5 rings (SSSR count). The summed E-state index contributed by atoms with van der Waals surface area (Å²) in [5, 5.41) is 11.6. The normalized spacial score (nSPS) is 14.0. The Hall–Kier alpha value is -3.56. The van der Waals surface area contributed by atoms with Gasteiger partial charge in [-0.05, 0) is 43.3 Å². The molecule has 1 aromatic carbocycles. The maximum atomic E-state index is 13.0. The Balaban J connectivity index is 1.44. The fourth-order valence-corrected chi connectivity index (χ4v) is 3.92. The molecule has 0 aliphatic carbocycles. The van der Waals surface area contributed by atoms with Crippen molar-refractivity contribution in [2.75, 3.05) is 36.4 Å². The topological polar surface area (TPSA) is 101 Å². The lowest BCUT2D eigenvalue weighted by atomic mass is 10.2. The molecule has 0 amide bonds. The number of anilines is 3. The van der Waals surface area contributed by atoms with Gasteiger partial charge in [0.2, 0.25) is 5.95 Å². The number of benzene rings is 1. The van der Waals surface area contributed by atoms with Gasteiger partial charge in [0, 0.05) is 49.9 Å². The molecule has 0 spiro atoms. The Bertz CT molecular complexity index is 1330. The van der Waals surface area contributed by atoms with Crippen molar-refractivity contribution in [1.82, 2.24) is 30.0 Å². The van der Waals surface area contributed by atoms with E-state index in [0.717, 1.165) is 31.9 Å². The average Bonchev–Trinajstić information content (AvgIpc) is 2.83. The van der Waals surface area contributed by atoms with Gasteiger partial charge in [0.25, 0.3) is 5.56 Å². The van der Waals surface area contributed by atoms with E-state index in [4.69, 9.17) is 11.6 Å². The molecular weight excluding hydrogens is 428 g/mol. The van der Waals surface area contributed by atoms with E-state index >= 15 is 0 Å². The predicted octanol–water partition coefficient (Wildman–Crippen LogP) is 2.69. The van der Waals surface area contributed by atoms with Crippen molar-refractivity contribution in [2.24, 2.45) is 0 Å². The number of nitrogens with one attached hydrogen (secondary N) is 2. The standard InChI is InChI=1S/C22H21ClN8O/c1-14-19-17(21(32)31(29-14)20-18(23)3-2-8-25-20)13-26-22(28-19)27-15-4-6-16(7-5-15)30-11-9-24-10-12-30/h2-8,13,24H,9-12H2,1H3,(H,26,27,28). The van der Waals surface area contributed by atoms with Gasteiger partial charge < -0.3 is 15.5 Å². The molecule has 0 saturated carbocycles. The van der Waals surface area contributed by atoms with Crippen LogP contribution < -0.4 is 21.1 Å². The Morgan fingerprint density at radius 2 is 1.88 bits per heavy atom. The van der Waals surface area contributed by atoms with Gasteiger partial charge in [-0.25, -0.2) is 15.0 Å². The second-order valence-corrected chi connectivity index (χ2v) is 7.88. The summed E-state index contributed by atoms with van der Waals surface area (Å²) in [7, 11) is 0. The summed E-state index contributed by atoms with van der Waals surface area (Å²) in [6.45, 7) is 5.76. The molecule has 32 heavy (non-hydrogen) atoms. The van der Waals surface area contributed by atoms with Crippen molar-refractivity contribution < 1.29 is 0 Å². The molecule has 1 aliphatic rings. The van der Waals surface area contributed by atoms with Crippen LogP contribution in [0.5, 0.6) is 0 Å². The summed E-state index contributed by atoms with van der Waals surface area (Å²) in [5.74, 6) is 0.668. The molecule has 1 fully saturated rings. The van der Waals surface area contributed by atoms with E-state index < -0.39 is 0 Å². The summed E-state index contributed by atoms with van der Waals surface area (Å²) in [6.07, 6.45) is 3.07. The quantitative estimate of drug-likeness (QED) is 0.491. The summed E-state index contributed by atoms with van der Waals surface area (Å²) in [6, 6.07) is 11.5. The van der Waals surface area contributed by atoms with E-state index in [9.17, 15) is 4.79 Å². The van der Waals surface area contributed by atoms with Crippen LogP contribution in [-0.4, -0.2) is 50.9 Å². The number of hydrogen-bond acceptors (Lipinski definition) is 8. The maximum Gasteiger partial charge on any atom is 0.284 e. The number of pyridine rings is 1. The van der Waals surface area contributed by atoms with E-state index in [-0.39, 0.29) is 11.4 Å². The van der Waals surface area contributed by atoms with Crippen LogP contribution >= 0.6 is 11.6 Å². The third-order valence-corrected chi connectivity index (χ3v) is 5.64. The third kappa shape index (κ3) is 3.88. The lowest BCUT2D eigenvalue weighted by Crippen LogP contribution is -2.43. The highest BCUT2D eigenvalue weighted by molar-refractivity contribution is 6.32. The van der Waals surface area contributed by atoms with Gasteiger partial charge in [0.1, 0.15) is 5.52 Å². The van der Waals surface area contributed by atoms with Gasteiger partial charge in [0.05, 0.1) is 16.1 Å². The zero-order valence-corrected chi connectivity index (χ0v) is 18.2. The van der Waals surface area contributed by atoms with E-state index in [1.807, 2.05) is 12.1 Å². The van der Waals surface area contributed by atoms with Crippen molar-refractivity contribution in [1.29, 1.82) is 0 Å². The maximum absolute atomic E-state index is 13.0. The van der Waals surface area contributed by atoms with Crippen molar-refractivity contribution in [3.05, 3.63) is 69.9 Å². The minimum absolute atomic E-state index is 0.274. The van der Waals surface area contributed by atoms with Crippen LogP contribution in [0, 0.1) is 6.92 Å². The molecule has 0 atom stereocenters. The molecule has 1 aliphatic heterocycles. The summed E-state index contributed by atoms with van der Waals surface area (Å²) in [5.41, 5.74) is 2.72. The van der Waals surface area contributed by atoms with Crippen LogP contribution in [0.1, 0.15) is 5.69 Å². The second kappa shape index (κ2) is 8.52. The Morgan fingerprint density at radius 1 is 1.09 bits per heavy atom. The smallest absolute Gasteiger partial charge is 0.284 e. The van der Waals surface area contributed by atoms with Gasteiger partial charge in [0.15, 0.2) is 5.82 Å². The molecule has 4 heterocycles. The van der Waals surface area contributed by atoms with Gasteiger partial charge in [-0.1, -0.05) is 11.6 Å². The van der Waals surface area contributed by atoms with Crippen LogP contribution in [0.4, 0.5) is 17.3 Å². The molecule has 2 N–H and O–H groups in total. The molecule has 0 radical (unpaired) electrons. The minimum Gasteiger partial charge on any atom is -0.369 e. The van der Waals surface area contributed by atoms with Crippen LogP contribution in [-0.2, 0) is 0 Å². The number of halogens is 1. The van der Waals surface area contributed by atoms with Crippen LogP contribution in [0.3, 0.4) is 0 Å². The van der Waals surface area contributed by atoms with Gasteiger partial charge in [-0.3, -0.25) is 4.79 Å². The zero-order valence-electron chi connectivity index (χ0n) is 17.4. The molecule has 162 valence electrons. The zero-order chi connectivity index (χ0) is 22.1. The molecule has 10 heteroatoms. The number of aryl methyl sites for hydroxylation is 1. The minimum atomic E-state index is -0.377. The molecule has 0 bridgehead atoms. The van der Waals surface area contributed by atoms with Gasteiger partial charge >= 0.3 is 0 Å². The highest BCUT2D eigenvalue weighted by Crippen LogP contribution is 2.22. The first kappa shape index (κ1) is 20.3. The Morgan fingerprint density at radius 3 is 2.62 bits per heavy atom. The number of hydrogen-bond donors (Lipinski definition) is 2. The fourth-order valence-electron chi connectivity index (χ4n) is 3.72. The van der Waals surface area contributed by atoms with E-state index in [1.165, 1.54) is 16.6 Å².